The second kappa shape index (κ2) is 11.2. The van der Waals surface area contributed by atoms with Crippen LogP contribution in [-0.2, 0) is 11.3 Å². The zero-order chi connectivity index (χ0) is 20.4. The maximum absolute atomic E-state index is 12.2. The number of likely N-dealkylation sites (tertiary alicyclic amines) is 1. The average molecular weight is 389 g/mol. The summed E-state index contributed by atoms with van der Waals surface area (Å²) in [7, 11) is 0. The number of carbonyl (C=O) groups is 2. The highest BCUT2D eigenvalue weighted by molar-refractivity contribution is 5.89. The molecule has 154 valence electrons. The van der Waals surface area contributed by atoms with Gasteiger partial charge < -0.3 is 26.2 Å². The van der Waals surface area contributed by atoms with Crippen LogP contribution in [0.15, 0.2) is 29.3 Å². The first-order valence-electron chi connectivity index (χ1n) is 9.94. The van der Waals surface area contributed by atoms with Gasteiger partial charge in [0.2, 0.25) is 5.91 Å². The van der Waals surface area contributed by atoms with Crippen LogP contribution in [-0.4, -0.2) is 55.0 Å². The first kappa shape index (κ1) is 21.5. The minimum Gasteiger partial charge on any atom is -0.357 e. The molecule has 1 aliphatic heterocycles. The van der Waals surface area contributed by atoms with Gasteiger partial charge in [-0.15, -0.1) is 0 Å². The van der Waals surface area contributed by atoms with Crippen LogP contribution in [0.25, 0.3) is 0 Å². The number of anilines is 1. The van der Waals surface area contributed by atoms with Gasteiger partial charge in [0.1, 0.15) is 0 Å². The van der Waals surface area contributed by atoms with Crippen molar-refractivity contribution < 1.29 is 9.59 Å². The number of rotatable bonds is 7. The Morgan fingerprint density at radius 1 is 1.11 bits per heavy atom. The summed E-state index contributed by atoms with van der Waals surface area (Å²) in [6.07, 6.45) is 2.17. The van der Waals surface area contributed by atoms with E-state index in [0.717, 1.165) is 43.7 Å². The lowest BCUT2D eigenvalue weighted by atomic mass is 10.2. The predicted octanol–water partition coefficient (Wildman–Crippen LogP) is 1.89. The Labute approximate surface area is 167 Å². The van der Waals surface area contributed by atoms with E-state index in [1.807, 2.05) is 49.9 Å². The van der Waals surface area contributed by atoms with Gasteiger partial charge in [-0.2, -0.15) is 0 Å². The first-order chi connectivity index (χ1) is 13.5. The molecule has 0 atom stereocenters. The molecule has 3 amide bonds. The van der Waals surface area contributed by atoms with Crippen molar-refractivity contribution in [2.24, 2.45) is 4.99 Å². The molecular formula is C20H32N6O2. The van der Waals surface area contributed by atoms with Crippen LogP contribution < -0.4 is 21.3 Å². The Balaban J connectivity index is 1.85. The third-order valence-electron chi connectivity index (χ3n) is 4.26. The van der Waals surface area contributed by atoms with Gasteiger partial charge in [-0.3, -0.25) is 4.79 Å². The summed E-state index contributed by atoms with van der Waals surface area (Å²) in [5.74, 6) is 0.728. The van der Waals surface area contributed by atoms with E-state index in [9.17, 15) is 9.59 Å². The summed E-state index contributed by atoms with van der Waals surface area (Å²) in [4.78, 5) is 30.3. The molecule has 0 aliphatic carbocycles. The Bertz CT molecular complexity index is 666. The molecule has 2 rings (SSSR count). The summed E-state index contributed by atoms with van der Waals surface area (Å²) < 4.78 is 0. The number of urea groups is 1. The molecule has 1 fully saturated rings. The standard InChI is InChI=1S/C20H32N6O2/c1-4-21-19(23-14-18(27)26-11-5-6-12-26)22-13-16-7-9-17(10-8-16)25-20(28)24-15(2)3/h7-10,15H,4-6,11-14H2,1-3H3,(H2,21,22,23)(H2,24,25,28). The molecule has 1 aromatic rings. The third kappa shape index (κ3) is 7.46. The number of aliphatic imine (C=N–C) groups is 1. The number of carbonyl (C=O) groups excluding carboxylic acids is 2. The Hall–Kier alpha value is -2.77. The van der Waals surface area contributed by atoms with Crippen LogP contribution >= 0.6 is 0 Å². The number of nitrogens with zero attached hydrogens (tertiary/aromatic N) is 2. The van der Waals surface area contributed by atoms with Crippen molar-refractivity contribution in [1.82, 2.24) is 20.9 Å². The predicted molar refractivity (Wildman–Crippen MR) is 112 cm³/mol. The van der Waals surface area contributed by atoms with Crippen LogP contribution in [0, 0.1) is 0 Å². The fourth-order valence-corrected chi connectivity index (χ4v) is 2.87. The molecule has 0 radical (unpaired) electrons. The molecule has 1 heterocycles. The number of hydrogen-bond acceptors (Lipinski definition) is 3. The molecule has 1 saturated heterocycles. The van der Waals surface area contributed by atoms with Crippen LogP contribution in [0.1, 0.15) is 39.2 Å². The van der Waals surface area contributed by atoms with Crippen molar-refractivity contribution in [3.63, 3.8) is 0 Å². The number of amides is 3. The second-order valence-electron chi connectivity index (χ2n) is 7.09. The van der Waals surface area contributed by atoms with E-state index in [1.54, 1.807) is 0 Å². The lowest BCUT2D eigenvalue weighted by Crippen LogP contribution is -2.44. The SMILES string of the molecule is CCNC(=NCc1ccc(NC(=O)NC(C)C)cc1)NCC(=O)N1CCCC1. The van der Waals surface area contributed by atoms with E-state index in [2.05, 4.69) is 26.3 Å². The molecular weight excluding hydrogens is 356 g/mol. The van der Waals surface area contributed by atoms with Crippen molar-refractivity contribution in [3.05, 3.63) is 29.8 Å². The van der Waals surface area contributed by atoms with Crippen molar-refractivity contribution in [2.45, 2.75) is 46.2 Å². The van der Waals surface area contributed by atoms with Gasteiger partial charge >= 0.3 is 6.03 Å². The lowest BCUT2D eigenvalue weighted by molar-refractivity contribution is -0.128. The maximum Gasteiger partial charge on any atom is 0.319 e. The molecule has 0 aromatic heterocycles. The number of guanidine groups is 1. The molecule has 0 spiro atoms. The molecule has 8 nitrogen and oxygen atoms in total. The maximum atomic E-state index is 12.2. The van der Waals surface area contributed by atoms with E-state index in [0.29, 0.717) is 12.5 Å². The van der Waals surface area contributed by atoms with Crippen molar-refractivity contribution in [1.29, 1.82) is 0 Å². The minimum atomic E-state index is -0.220. The highest BCUT2D eigenvalue weighted by Gasteiger charge is 2.17. The van der Waals surface area contributed by atoms with Crippen molar-refractivity contribution >= 4 is 23.6 Å². The van der Waals surface area contributed by atoms with Gasteiger partial charge in [-0.1, -0.05) is 12.1 Å². The number of nitrogens with one attached hydrogen (secondary N) is 4. The van der Waals surface area contributed by atoms with Crippen molar-refractivity contribution in [2.75, 3.05) is 31.5 Å². The first-order valence-corrected chi connectivity index (χ1v) is 9.94. The van der Waals surface area contributed by atoms with E-state index < -0.39 is 0 Å². The molecule has 0 saturated carbocycles. The molecule has 1 aromatic carbocycles. The van der Waals surface area contributed by atoms with Gasteiger partial charge in [-0.25, -0.2) is 9.79 Å². The molecule has 8 heteroatoms. The summed E-state index contributed by atoms with van der Waals surface area (Å²) in [5, 5.41) is 11.8. The molecule has 1 aliphatic rings. The van der Waals surface area contributed by atoms with Crippen LogP contribution in [0.3, 0.4) is 0 Å². The minimum absolute atomic E-state index is 0.0861. The summed E-state index contributed by atoms with van der Waals surface area (Å²) in [6, 6.07) is 7.41. The topological polar surface area (TPSA) is 97.9 Å². The third-order valence-corrected chi connectivity index (χ3v) is 4.26. The lowest BCUT2D eigenvalue weighted by Gasteiger charge is -2.17. The van der Waals surface area contributed by atoms with E-state index >= 15 is 0 Å². The quantitative estimate of drug-likeness (QED) is 0.424. The number of benzene rings is 1. The van der Waals surface area contributed by atoms with Crippen LogP contribution in [0.2, 0.25) is 0 Å². The average Bonchev–Trinajstić information content (AvgIpc) is 3.19. The molecule has 4 N–H and O–H groups in total. The van der Waals surface area contributed by atoms with Gasteiger partial charge in [0.05, 0.1) is 13.1 Å². The highest BCUT2D eigenvalue weighted by atomic mass is 16.2. The summed E-state index contributed by atoms with van der Waals surface area (Å²) in [6.45, 7) is 8.96. The monoisotopic (exact) mass is 388 g/mol. The van der Waals surface area contributed by atoms with Gasteiger partial charge in [0.25, 0.3) is 0 Å². The van der Waals surface area contributed by atoms with Gasteiger partial charge in [0.15, 0.2) is 5.96 Å². The fourth-order valence-electron chi connectivity index (χ4n) is 2.87. The smallest absolute Gasteiger partial charge is 0.319 e. The van der Waals surface area contributed by atoms with E-state index in [-0.39, 0.29) is 24.5 Å². The zero-order valence-corrected chi connectivity index (χ0v) is 17.0. The van der Waals surface area contributed by atoms with Crippen molar-refractivity contribution in [3.8, 4) is 0 Å². The van der Waals surface area contributed by atoms with Gasteiger partial charge in [-0.05, 0) is 51.3 Å². The fraction of sp³-hybridized carbons (Fsp3) is 0.550. The van der Waals surface area contributed by atoms with Gasteiger partial charge in [0, 0.05) is 31.4 Å². The number of hydrogen-bond donors (Lipinski definition) is 4. The summed E-state index contributed by atoms with van der Waals surface area (Å²) >= 11 is 0. The molecule has 28 heavy (non-hydrogen) atoms. The Morgan fingerprint density at radius 3 is 2.39 bits per heavy atom. The largest absolute Gasteiger partial charge is 0.357 e. The van der Waals surface area contributed by atoms with Crippen LogP contribution in [0.5, 0.6) is 0 Å². The van der Waals surface area contributed by atoms with E-state index in [1.165, 1.54) is 0 Å². The zero-order valence-electron chi connectivity index (χ0n) is 17.0. The normalized spacial score (nSPS) is 14.1. The summed E-state index contributed by atoms with van der Waals surface area (Å²) in [5.41, 5.74) is 1.74. The molecule has 0 unspecified atom stereocenters. The molecule has 0 bridgehead atoms. The van der Waals surface area contributed by atoms with E-state index in [4.69, 9.17) is 0 Å². The second-order valence-corrected chi connectivity index (χ2v) is 7.09. The Morgan fingerprint density at radius 2 is 1.79 bits per heavy atom. The van der Waals surface area contributed by atoms with Crippen LogP contribution in [0.4, 0.5) is 10.5 Å². The Kier molecular flexibility index (Phi) is 8.58. The highest BCUT2D eigenvalue weighted by Crippen LogP contribution is 2.10.